The lowest BCUT2D eigenvalue weighted by molar-refractivity contribution is 0.0685. The second kappa shape index (κ2) is 5.45. The number of fused-ring (bicyclic) bond motifs is 2. The molecule has 25 heavy (non-hydrogen) atoms. The number of ether oxygens (including phenoxy) is 3. The van der Waals surface area contributed by atoms with Gasteiger partial charge >= 0.3 is 0 Å². The second-order valence-corrected chi connectivity index (χ2v) is 6.60. The molecule has 1 aromatic heterocycles. The molecule has 2 aromatic rings. The Morgan fingerprint density at radius 1 is 1.24 bits per heavy atom. The number of aryl methyl sites for hydroxylation is 1. The first kappa shape index (κ1) is 14.7. The standard InChI is InChI=1S/C17H17N3O5/c1-9-18-16(25-19-9)12-7-22-15-6-20(5-11(12)15)17(21)10-2-3-13-14(4-10)24-8-23-13/h2-4,11-12,15H,5-8H2,1H3/t11-,12+,15-/m1/s1. The normalized spacial score (nSPS) is 26.9. The fourth-order valence-corrected chi connectivity index (χ4v) is 3.81. The van der Waals surface area contributed by atoms with E-state index in [1.165, 1.54) is 0 Å². The maximum atomic E-state index is 12.8. The van der Waals surface area contributed by atoms with Crippen molar-refractivity contribution in [1.82, 2.24) is 15.0 Å². The molecule has 0 saturated carbocycles. The third-order valence-corrected chi connectivity index (χ3v) is 5.08. The van der Waals surface area contributed by atoms with Crippen molar-refractivity contribution in [3.8, 4) is 11.5 Å². The topological polar surface area (TPSA) is 86.9 Å². The van der Waals surface area contributed by atoms with Crippen LogP contribution < -0.4 is 9.47 Å². The van der Waals surface area contributed by atoms with Gasteiger partial charge in [0.2, 0.25) is 12.7 Å². The summed E-state index contributed by atoms with van der Waals surface area (Å²) in [4.78, 5) is 19.0. The molecule has 0 N–H and O–H groups in total. The van der Waals surface area contributed by atoms with Crippen molar-refractivity contribution in [3.63, 3.8) is 0 Å². The van der Waals surface area contributed by atoms with Gasteiger partial charge in [-0.25, -0.2) is 0 Å². The summed E-state index contributed by atoms with van der Waals surface area (Å²) in [7, 11) is 0. The first-order chi connectivity index (χ1) is 12.2. The Bertz CT molecular complexity index is 835. The highest BCUT2D eigenvalue weighted by molar-refractivity contribution is 5.95. The van der Waals surface area contributed by atoms with E-state index in [1.807, 2.05) is 4.90 Å². The number of hydrogen-bond donors (Lipinski definition) is 0. The van der Waals surface area contributed by atoms with Crippen LogP contribution in [0.2, 0.25) is 0 Å². The van der Waals surface area contributed by atoms with Crippen molar-refractivity contribution < 1.29 is 23.5 Å². The highest BCUT2D eigenvalue weighted by Gasteiger charge is 2.48. The number of benzene rings is 1. The number of rotatable bonds is 2. The van der Waals surface area contributed by atoms with E-state index in [1.54, 1.807) is 25.1 Å². The average Bonchev–Trinajstić information content (AvgIpc) is 3.36. The van der Waals surface area contributed by atoms with Crippen LogP contribution >= 0.6 is 0 Å². The Hall–Kier alpha value is -2.61. The van der Waals surface area contributed by atoms with Crippen LogP contribution in [-0.2, 0) is 4.74 Å². The van der Waals surface area contributed by atoms with E-state index in [2.05, 4.69) is 10.1 Å². The number of likely N-dealkylation sites (tertiary alicyclic amines) is 1. The van der Waals surface area contributed by atoms with E-state index < -0.39 is 0 Å². The summed E-state index contributed by atoms with van der Waals surface area (Å²) in [5.74, 6) is 2.69. The minimum atomic E-state index is -0.0308. The number of amides is 1. The van der Waals surface area contributed by atoms with Gasteiger partial charge < -0.3 is 23.6 Å². The first-order valence-corrected chi connectivity index (χ1v) is 8.30. The van der Waals surface area contributed by atoms with Crippen LogP contribution in [0.15, 0.2) is 22.7 Å². The molecule has 0 unspecified atom stereocenters. The Morgan fingerprint density at radius 2 is 2.12 bits per heavy atom. The molecule has 0 aliphatic carbocycles. The maximum Gasteiger partial charge on any atom is 0.254 e. The molecule has 4 heterocycles. The lowest BCUT2D eigenvalue weighted by Crippen LogP contribution is -2.31. The van der Waals surface area contributed by atoms with Crippen molar-refractivity contribution in [2.45, 2.75) is 18.9 Å². The molecule has 8 heteroatoms. The van der Waals surface area contributed by atoms with E-state index in [0.717, 1.165) is 0 Å². The van der Waals surface area contributed by atoms with Crippen molar-refractivity contribution in [3.05, 3.63) is 35.5 Å². The van der Waals surface area contributed by atoms with Crippen molar-refractivity contribution in [1.29, 1.82) is 0 Å². The van der Waals surface area contributed by atoms with Crippen LogP contribution in [0.5, 0.6) is 11.5 Å². The molecule has 130 valence electrons. The molecule has 1 aromatic carbocycles. The van der Waals surface area contributed by atoms with Gasteiger partial charge in [0.15, 0.2) is 17.3 Å². The molecule has 2 saturated heterocycles. The summed E-state index contributed by atoms with van der Waals surface area (Å²) in [6.45, 7) is 3.74. The molecule has 3 aliphatic rings. The predicted octanol–water partition coefficient (Wildman–Crippen LogP) is 1.36. The highest BCUT2D eigenvalue weighted by Crippen LogP contribution is 2.40. The lowest BCUT2D eigenvalue weighted by Gasteiger charge is -2.18. The van der Waals surface area contributed by atoms with Crippen LogP contribution in [0, 0.1) is 12.8 Å². The summed E-state index contributed by atoms with van der Waals surface area (Å²) in [6.07, 6.45) is 0.00941. The number of nitrogens with zero attached hydrogens (tertiary/aromatic N) is 3. The number of carbonyl (C=O) groups is 1. The fraction of sp³-hybridized carbons (Fsp3) is 0.471. The number of hydrogen-bond acceptors (Lipinski definition) is 7. The molecule has 8 nitrogen and oxygen atoms in total. The van der Waals surface area contributed by atoms with Crippen LogP contribution in [0.25, 0.3) is 0 Å². The number of aromatic nitrogens is 2. The third kappa shape index (κ3) is 2.36. The zero-order valence-corrected chi connectivity index (χ0v) is 13.7. The van der Waals surface area contributed by atoms with Gasteiger partial charge in [0, 0.05) is 24.6 Å². The molecular weight excluding hydrogens is 326 g/mol. The fourth-order valence-electron chi connectivity index (χ4n) is 3.81. The minimum absolute atomic E-state index is 0.00941. The molecular formula is C17H17N3O5. The Kier molecular flexibility index (Phi) is 3.21. The summed E-state index contributed by atoms with van der Waals surface area (Å²) in [6, 6.07) is 5.27. The molecule has 0 radical (unpaired) electrons. The maximum absolute atomic E-state index is 12.8. The molecule has 0 bridgehead atoms. The van der Waals surface area contributed by atoms with Crippen LogP contribution in [-0.4, -0.2) is 53.5 Å². The first-order valence-electron chi connectivity index (χ1n) is 8.30. The number of carbonyl (C=O) groups excluding carboxylic acids is 1. The largest absolute Gasteiger partial charge is 0.454 e. The lowest BCUT2D eigenvalue weighted by atomic mass is 9.93. The summed E-state index contributed by atoms with van der Waals surface area (Å²) >= 11 is 0. The van der Waals surface area contributed by atoms with Crippen LogP contribution in [0.4, 0.5) is 0 Å². The summed E-state index contributed by atoms with van der Waals surface area (Å²) < 4.78 is 21.8. The van der Waals surface area contributed by atoms with Gasteiger partial charge in [-0.1, -0.05) is 5.16 Å². The Morgan fingerprint density at radius 3 is 2.96 bits per heavy atom. The van der Waals surface area contributed by atoms with Gasteiger partial charge in [0.05, 0.1) is 18.6 Å². The SMILES string of the molecule is Cc1noc([C@H]2CO[C@@H]3CN(C(=O)c4ccc5c(c4)OCO5)C[C@H]23)n1. The Labute approximate surface area is 143 Å². The van der Waals surface area contributed by atoms with Gasteiger partial charge in [0.25, 0.3) is 5.91 Å². The smallest absolute Gasteiger partial charge is 0.254 e. The molecule has 5 rings (SSSR count). The van der Waals surface area contributed by atoms with Crippen LogP contribution in [0.1, 0.15) is 28.0 Å². The molecule has 0 spiro atoms. The molecule has 1 amide bonds. The van der Waals surface area contributed by atoms with E-state index in [9.17, 15) is 4.79 Å². The van der Waals surface area contributed by atoms with Gasteiger partial charge in [0.1, 0.15) is 0 Å². The van der Waals surface area contributed by atoms with Gasteiger partial charge in [-0.05, 0) is 25.1 Å². The van der Waals surface area contributed by atoms with E-state index in [4.69, 9.17) is 18.7 Å². The minimum Gasteiger partial charge on any atom is -0.454 e. The second-order valence-electron chi connectivity index (χ2n) is 6.60. The predicted molar refractivity (Wildman–Crippen MR) is 83.5 cm³/mol. The van der Waals surface area contributed by atoms with Crippen molar-refractivity contribution in [2.75, 3.05) is 26.5 Å². The van der Waals surface area contributed by atoms with E-state index in [0.29, 0.717) is 48.5 Å². The van der Waals surface area contributed by atoms with Gasteiger partial charge in [-0.3, -0.25) is 4.79 Å². The zero-order valence-electron chi connectivity index (χ0n) is 13.7. The summed E-state index contributed by atoms with van der Waals surface area (Å²) in [5, 5.41) is 3.86. The molecule has 3 atom stereocenters. The van der Waals surface area contributed by atoms with E-state index in [-0.39, 0.29) is 30.6 Å². The monoisotopic (exact) mass is 343 g/mol. The van der Waals surface area contributed by atoms with Crippen molar-refractivity contribution in [2.24, 2.45) is 5.92 Å². The van der Waals surface area contributed by atoms with E-state index >= 15 is 0 Å². The van der Waals surface area contributed by atoms with Crippen molar-refractivity contribution >= 4 is 5.91 Å². The van der Waals surface area contributed by atoms with Crippen LogP contribution in [0.3, 0.4) is 0 Å². The molecule has 2 fully saturated rings. The molecule has 3 aliphatic heterocycles. The van der Waals surface area contributed by atoms with Gasteiger partial charge in [-0.15, -0.1) is 0 Å². The highest BCUT2D eigenvalue weighted by atomic mass is 16.7. The van der Waals surface area contributed by atoms with Gasteiger partial charge in [-0.2, -0.15) is 4.98 Å². The zero-order chi connectivity index (χ0) is 17.0. The Balaban J connectivity index is 1.34. The third-order valence-electron chi connectivity index (χ3n) is 5.08. The average molecular weight is 343 g/mol. The quantitative estimate of drug-likeness (QED) is 0.813. The summed E-state index contributed by atoms with van der Waals surface area (Å²) in [5.41, 5.74) is 0.592.